The average molecular weight is 316 g/mol. The molecule has 18 heavy (non-hydrogen) atoms. The zero-order valence-electron chi connectivity index (χ0n) is 9.78. The summed E-state index contributed by atoms with van der Waals surface area (Å²) in [6.07, 6.45) is 0. The number of nitrogens with zero attached hydrogens (tertiary/aromatic N) is 3. The van der Waals surface area contributed by atoms with E-state index in [2.05, 4.69) is 20.3 Å². The predicted octanol–water partition coefficient (Wildman–Crippen LogP) is 1.33. The number of hydrogen-bond donors (Lipinski definition) is 3. The molecule has 0 aromatic carbocycles. The van der Waals surface area contributed by atoms with Crippen molar-refractivity contribution in [2.45, 2.75) is 23.2 Å². The van der Waals surface area contributed by atoms with Crippen molar-refractivity contribution < 1.29 is 10.2 Å². The van der Waals surface area contributed by atoms with E-state index >= 15 is 0 Å². The maximum atomic E-state index is 9.87. The molecule has 0 atom stereocenters. The number of halogens is 3. The maximum Gasteiger partial charge on any atom is 0.250 e. The van der Waals surface area contributed by atoms with Crippen LogP contribution in [-0.2, 0) is 9.39 Å². The van der Waals surface area contributed by atoms with Gasteiger partial charge in [-0.1, -0.05) is 34.8 Å². The van der Waals surface area contributed by atoms with Crippen LogP contribution in [0.2, 0.25) is 0 Å². The number of alkyl halides is 3. The Labute approximate surface area is 119 Å². The van der Waals surface area contributed by atoms with Gasteiger partial charge in [0.05, 0.1) is 6.61 Å². The summed E-state index contributed by atoms with van der Waals surface area (Å²) in [4.78, 5) is 11.8. The summed E-state index contributed by atoms with van der Waals surface area (Å²) in [7, 11) is 0. The van der Waals surface area contributed by atoms with Gasteiger partial charge >= 0.3 is 0 Å². The Morgan fingerprint density at radius 1 is 1.11 bits per heavy atom. The summed E-state index contributed by atoms with van der Waals surface area (Å²) in [5.41, 5.74) is -1.30. The van der Waals surface area contributed by atoms with E-state index in [0.717, 1.165) is 0 Å². The first kappa shape index (κ1) is 15.7. The van der Waals surface area contributed by atoms with Crippen LogP contribution in [0, 0.1) is 0 Å². The van der Waals surface area contributed by atoms with E-state index in [-0.39, 0.29) is 30.7 Å². The third kappa shape index (κ3) is 4.37. The number of anilines is 1. The first-order chi connectivity index (χ1) is 8.14. The molecule has 0 radical (unpaired) electrons. The zero-order valence-corrected chi connectivity index (χ0v) is 12.1. The molecule has 3 N–H and O–H groups in total. The minimum absolute atomic E-state index is 0.0688. The first-order valence-corrected chi connectivity index (χ1v) is 6.19. The van der Waals surface area contributed by atoms with Crippen LogP contribution in [0.15, 0.2) is 0 Å². The fourth-order valence-electron chi connectivity index (χ4n) is 1.02. The van der Waals surface area contributed by atoms with Crippen LogP contribution in [0.25, 0.3) is 0 Å². The Hall–Kier alpha value is -0.400. The third-order valence-corrected chi connectivity index (χ3v) is 2.34. The molecular formula is C9H13Cl3N4O2. The van der Waals surface area contributed by atoms with Crippen molar-refractivity contribution in [1.82, 2.24) is 15.0 Å². The highest BCUT2D eigenvalue weighted by Gasteiger charge is 2.31. The van der Waals surface area contributed by atoms with E-state index in [0.29, 0.717) is 0 Å². The number of aromatic nitrogens is 3. The molecule has 102 valence electrons. The molecule has 1 heterocycles. The summed E-state index contributed by atoms with van der Waals surface area (Å²) < 4.78 is -1.82. The predicted molar refractivity (Wildman–Crippen MR) is 69.9 cm³/mol. The lowest BCUT2D eigenvalue weighted by atomic mass is 10.1. The molecule has 0 fully saturated rings. The molecule has 0 amide bonds. The smallest absolute Gasteiger partial charge is 0.250 e. The fourth-order valence-corrected chi connectivity index (χ4v) is 1.28. The van der Waals surface area contributed by atoms with Crippen molar-refractivity contribution in [3.63, 3.8) is 0 Å². The molecular weight excluding hydrogens is 302 g/mol. The van der Waals surface area contributed by atoms with Gasteiger partial charge in [-0.25, -0.2) is 4.98 Å². The molecule has 0 aliphatic heterocycles. The normalized spacial score (nSPS) is 12.6. The van der Waals surface area contributed by atoms with Gasteiger partial charge in [0.25, 0.3) is 0 Å². The molecule has 1 rings (SSSR count). The van der Waals surface area contributed by atoms with E-state index in [1.54, 1.807) is 0 Å². The Morgan fingerprint density at radius 2 is 1.67 bits per heavy atom. The topological polar surface area (TPSA) is 91.2 Å². The van der Waals surface area contributed by atoms with E-state index < -0.39 is 9.39 Å². The molecule has 0 saturated carbocycles. The van der Waals surface area contributed by atoms with Crippen LogP contribution < -0.4 is 5.32 Å². The van der Waals surface area contributed by atoms with Gasteiger partial charge in [0, 0.05) is 6.54 Å². The highest BCUT2D eigenvalue weighted by Crippen LogP contribution is 2.36. The average Bonchev–Trinajstić information content (AvgIpc) is 2.23. The summed E-state index contributed by atoms with van der Waals surface area (Å²) in [6.45, 7) is 3.13. The van der Waals surface area contributed by atoms with Crippen molar-refractivity contribution in [2.24, 2.45) is 0 Å². The number of aliphatic hydroxyl groups excluding tert-OH is 1. The van der Waals surface area contributed by atoms with Crippen molar-refractivity contribution >= 4 is 40.8 Å². The summed E-state index contributed by atoms with van der Waals surface area (Å²) in [5, 5.41) is 21.3. The minimum Gasteiger partial charge on any atom is -0.395 e. The third-order valence-electron chi connectivity index (χ3n) is 1.83. The van der Waals surface area contributed by atoms with E-state index in [1.807, 2.05) is 0 Å². The molecule has 6 nitrogen and oxygen atoms in total. The highest BCUT2D eigenvalue weighted by molar-refractivity contribution is 6.66. The molecule has 0 bridgehead atoms. The largest absolute Gasteiger partial charge is 0.395 e. The second-order valence-corrected chi connectivity index (χ2v) is 6.29. The van der Waals surface area contributed by atoms with E-state index in [1.165, 1.54) is 13.8 Å². The maximum absolute atomic E-state index is 9.87. The number of hydrogen-bond acceptors (Lipinski definition) is 6. The number of aliphatic hydroxyl groups is 2. The van der Waals surface area contributed by atoms with Gasteiger partial charge in [-0.15, -0.1) is 0 Å². The molecule has 0 aliphatic rings. The second kappa shape index (κ2) is 5.71. The van der Waals surface area contributed by atoms with Crippen molar-refractivity contribution in [3.8, 4) is 0 Å². The zero-order chi connectivity index (χ0) is 14.0. The molecule has 0 saturated heterocycles. The Bertz CT molecular complexity index is 385. The quantitative estimate of drug-likeness (QED) is 0.726. The van der Waals surface area contributed by atoms with Crippen molar-refractivity contribution in [3.05, 3.63) is 11.6 Å². The Balaban J connectivity index is 3.21. The fraction of sp³-hybridized carbons (Fsp3) is 0.667. The Kier molecular flexibility index (Phi) is 4.97. The minimum atomic E-state index is -1.82. The monoisotopic (exact) mass is 314 g/mol. The highest BCUT2D eigenvalue weighted by atomic mass is 35.6. The van der Waals surface area contributed by atoms with Crippen molar-refractivity contribution in [1.29, 1.82) is 0 Å². The van der Waals surface area contributed by atoms with Crippen LogP contribution in [0.1, 0.15) is 25.5 Å². The SMILES string of the molecule is CC(C)(O)c1nc(NCCO)nc(C(Cl)(Cl)Cl)n1. The van der Waals surface area contributed by atoms with Crippen LogP contribution in [0.4, 0.5) is 5.95 Å². The van der Waals surface area contributed by atoms with Crippen LogP contribution in [0.5, 0.6) is 0 Å². The molecule has 0 unspecified atom stereocenters. The van der Waals surface area contributed by atoms with Gasteiger partial charge in [-0.05, 0) is 13.8 Å². The van der Waals surface area contributed by atoms with Gasteiger partial charge in [0.1, 0.15) is 5.60 Å². The van der Waals surface area contributed by atoms with Gasteiger partial charge in [-0.2, -0.15) is 9.97 Å². The second-order valence-electron chi connectivity index (χ2n) is 4.01. The van der Waals surface area contributed by atoms with Crippen LogP contribution in [0.3, 0.4) is 0 Å². The van der Waals surface area contributed by atoms with Crippen LogP contribution in [-0.4, -0.2) is 38.3 Å². The van der Waals surface area contributed by atoms with Gasteiger partial charge in [0.15, 0.2) is 11.6 Å². The molecule has 9 heteroatoms. The molecule has 1 aromatic rings. The van der Waals surface area contributed by atoms with Gasteiger partial charge in [-0.3, -0.25) is 0 Å². The standard InChI is InChI=1S/C9H13Cl3N4O2/c1-8(2,18)5-14-6(9(10,11)12)16-7(15-5)13-3-4-17/h17-18H,3-4H2,1-2H3,(H,13,14,15,16). The molecule has 0 aliphatic carbocycles. The van der Waals surface area contributed by atoms with Gasteiger partial charge in [0.2, 0.25) is 9.74 Å². The summed E-state index contributed by atoms with van der Waals surface area (Å²) >= 11 is 17.1. The lowest BCUT2D eigenvalue weighted by molar-refractivity contribution is 0.0683. The lowest BCUT2D eigenvalue weighted by Gasteiger charge is -2.19. The molecule has 0 spiro atoms. The Morgan fingerprint density at radius 3 is 2.11 bits per heavy atom. The van der Waals surface area contributed by atoms with Crippen LogP contribution >= 0.6 is 34.8 Å². The number of rotatable bonds is 4. The molecule has 1 aromatic heterocycles. The van der Waals surface area contributed by atoms with Crippen molar-refractivity contribution in [2.75, 3.05) is 18.5 Å². The van der Waals surface area contributed by atoms with E-state index in [9.17, 15) is 5.11 Å². The first-order valence-electron chi connectivity index (χ1n) is 5.05. The van der Waals surface area contributed by atoms with Gasteiger partial charge < -0.3 is 15.5 Å². The number of nitrogens with one attached hydrogen (secondary N) is 1. The van der Waals surface area contributed by atoms with E-state index in [4.69, 9.17) is 39.9 Å². The summed E-state index contributed by atoms with van der Waals surface area (Å²) in [5.74, 6) is 0.0943. The lowest BCUT2D eigenvalue weighted by Crippen LogP contribution is -2.24. The summed E-state index contributed by atoms with van der Waals surface area (Å²) in [6, 6.07) is 0.